The summed E-state index contributed by atoms with van der Waals surface area (Å²) in [5.74, 6) is -7.27. The molecule has 1 aliphatic heterocycles. The van der Waals surface area contributed by atoms with Gasteiger partial charge in [0.05, 0.1) is 23.9 Å². The molecule has 42 heavy (non-hydrogen) atoms. The zero-order chi connectivity index (χ0) is 31.3. The number of nitrogens with one attached hydrogen (secondary N) is 1. The van der Waals surface area contributed by atoms with Crippen LogP contribution in [0.5, 0.6) is 5.75 Å². The second-order valence-electron chi connectivity index (χ2n) is 11.3. The Bertz CT molecular complexity index is 1390. The molecule has 0 bridgehead atoms. The zero-order valence-corrected chi connectivity index (χ0v) is 23.3. The minimum absolute atomic E-state index is 0.159. The first-order valence-corrected chi connectivity index (χ1v) is 13.3. The number of phenolic OH excluding ortho intramolecular Hbond substituents is 1. The van der Waals surface area contributed by atoms with Crippen molar-refractivity contribution in [3.05, 3.63) is 56.5 Å². The molecule has 3 fully saturated rings. The number of rotatable bonds is 4. The highest BCUT2D eigenvalue weighted by Crippen LogP contribution is 2.56. The molecule has 3 aliphatic carbocycles. The summed E-state index contributed by atoms with van der Waals surface area (Å²) in [6, 6.07) is 3.11. The van der Waals surface area contributed by atoms with E-state index in [1.165, 1.54) is 30.0 Å². The Morgan fingerprint density at radius 2 is 1.74 bits per heavy atom. The smallest absolute Gasteiger partial charge is 0.291 e. The summed E-state index contributed by atoms with van der Waals surface area (Å²) < 4.78 is 0. The van der Waals surface area contributed by atoms with E-state index in [2.05, 4.69) is 5.32 Å². The van der Waals surface area contributed by atoms with Crippen molar-refractivity contribution in [2.45, 2.75) is 43.4 Å². The molecule has 1 saturated heterocycles. The number of hydrogen-bond donors (Lipinski definition) is 7. The highest BCUT2D eigenvalue weighted by Gasteiger charge is 2.68. The number of benzene rings is 1. The third-order valence-electron chi connectivity index (χ3n) is 8.66. The van der Waals surface area contributed by atoms with Crippen LogP contribution in [-0.4, -0.2) is 108 Å². The second-order valence-corrected chi connectivity index (χ2v) is 11.3. The number of phenols is 1. The van der Waals surface area contributed by atoms with E-state index in [-0.39, 0.29) is 30.0 Å². The average molecular weight is 591 g/mol. The Morgan fingerprint density at radius 1 is 1.14 bits per heavy atom. The quantitative estimate of drug-likeness (QED) is 0.0609. The number of fused-ring (bicyclic) bond motifs is 3. The van der Waals surface area contributed by atoms with Gasteiger partial charge in [0.15, 0.2) is 17.3 Å². The standard InChI is InChI=1S/C27H33N3O8.HNO3/c1-26(37)13-7-6-8-16(31)17(13)21(32)18-14(26)11-15-20(29(2)3)22(33)19(24(35)27(15,38)23(18)34)25(36)28-12-30-9-4-5-10-30;2-1(3)4/h6-8,14-15,20,28,31-32,36-38H,4-5,9-12H2,1-3H3;(H,2,3,4)/b25-19-;/t14-,15-,20-,26+,27-;/m0./s1. The largest absolute Gasteiger partial charge is 0.507 e. The number of carbonyl (C=O) groups is 3. The molecular weight excluding hydrogens is 556 g/mol. The topological polar surface area (TPSA) is 234 Å². The fourth-order valence-electron chi connectivity index (χ4n) is 6.69. The maximum absolute atomic E-state index is 14.0. The van der Waals surface area contributed by atoms with E-state index in [9.17, 15) is 39.9 Å². The van der Waals surface area contributed by atoms with Gasteiger partial charge in [-0.1, -0.05) is 12.1 Å². The predicted molar refractivity (Wildman–Crippen MR) is 144 cm³/mol. The average Bonchev–Trinajstić information content (AvgIpc) is 3.41. The van der Waals surface area contributed by atoms with Gasteiger partial charge in [-0.15, -0.1) is 10.1 Å². The van der Waals surface area contributed by atoms with Gasteiger partial charge in [-0.05, 0) is 65.0 Å². The molecule has 5 atom stereocenters. The van der Waals surface area contributed by atoms with Crippen molar-refractivity contribution in [2.75, 3.05) is 33.9 Å². The van der Waals surface area contributed by atoms with Crippen molar-refractivity contribution in [1.29, 1.82) is 0 Å². The Morgan fingerprint density at radius 3 is 2.31 bits per heavy atom. The van der Waals surface area contributed by atoms with Crippen LogP contribution in [0.2, 0.25) is 0 Å². The molecule has 2 saturated carbocycles. The molecule has 15 heteroatoms. The van der Waals surface area contributed by atoms with Gasteiger partial charge in [0.1, 0.15) is 17.1 Å². The van der Waals surface area contributed by atoms with Crippen molar-refractivity contribution in [2.24, 2.45) is 11.8 Å². The van der Waals surface area contributed by atoms with Gasteiger partial charge < -0.3 is 36.1 Å². The minimum atomic E-state index is -2.79. The lowest BCUT2D eigenvalue weighted by Gasteiger charge is -2.53. The van der Waals surface area contributed by atoms with Crippen LogP contribution in [0.25, 0.3) is 5.76 Å². The normalized spacial score (nSPS) is 32.0. The van der Waals surface area contributed by atoms with E-state index in [1.807, 2.05) is 4.90 Å². The Hall–Kier alpha value is -4.05. The molecule has 0 spiro atoms. The molecule has 0 unspecified atom stereocenters. The van der Waals surface area contributed by atoms with Gasteiger partial charge in [-0.3, -0.25) is 24.2 Å². The van der Waals surface area contributed by atoms with Crippen molar-refractivity contribution in [3.63, 3.8) is 0 Å². The van der Waals surface area contributed by atoms with Crippen LogP contribution in [0.3, 0.4) is 0 Å². The number of Topliss-reactive ketones (excluding diaryl/α,β-unsaturated/α-hetero) is 3. The van der Waals surface area contributed by atoms with E-state index in [0.717, 1.165) is 25.9 Å². The van der Waals surface area contributed by atoms with Crippen molar-refractivity contribution >= 4 is 23.1 Å². The van der Waals surface area contributed by atoms with Crippen LogP contribution < -0.4 is 5.32 Å². The second kappa shape index (κ2) is 11.0. The molecule has 1 aromatic carbocycles. The molecule has 0 radical (unpaired) electrons. The predicted octanol–water partition coefficient (Wildman–Crippen LogP) is -0.0345. The number of likely N-dealkylation sites (tertiary alicyclic amines) is 1. The molecule has 5 rings (SSSR count). The fraction of sp³-hybridized carbons (Fsp3) is 0.519. The van der Waals surface area contributed by atoms with E-state index >= 15 is 0 Å². The molecule has 1 aromatic rings. The summed E-state index contributed by atoms with van der Waals surface area (Å²) in [4.78, 5) is 53.2. The monoisotopic (exact) mass is 590 g/mol. The summed E-state index contributed by atoms with van der Waals surface area (Å²) >= 11 is 0. The van der Waals surface area contributed by atoms with Crippen molar-refractivity contribution in [3.8, 4) is 5.75 Å². The number of nitrogens with zero attached hydrogens (tertiary/aromatic N) is 3. The number of aliphatic hydroxyl groups excluding tert-OH is 2. The fourth-order valence-corrected chi connectivity index (χ4v) is 6.69. The molecule has 0 amide bonds. The van der Waals surface area contributed by atoms with Crippen LogP contribution >= 0.6 is 0 Å². The number of ketones is 3. The number of aliphatic hydroxyl groups is 4. The number of likely N-dealkylation sites (N-methyl/N-ethyl adjacent to an activating group) is 1. The summed E-state index contributed by atoms with van der Waals surface area (Å²) in [6.07, 6.45) is 1.77. The molecule has 15 nitrogen and oxygen atoms in total. The highest BCUT2D eigenvalue weighted by molar-refractivity contribution is 6.35. The lowest BCUT2D eigenvalue weighted by Crippen LogP contribution is -2.70. The van der Waals surface area contributed by atoms with Crippen LogP contribution in [0.4, 0.5) is 0 Å². The Labute approximate surface area is 240 Å². The van der Waals surface area contributed by atoms with Gasteiger partial charge in [0, 0.05) is 17.4 Å². The third-order valence-corrected chi connectivity index (χ3v) is 8.66. The Kier molecular flexibility index (Phi) is 8.08. The summed E-state index contributed by atoms with van der Waals surface area (Å²) in [5.41, 5.74) is -5.65. The van der Waals surface area contributed by atoms with E-state index < -0.39 is 74.3 Å². The summed E-state index contributed by atoms with van der Waals surface area (Å²) in [5, 5.41) is 72.2. The van der Waals surface area contributed by atoms with Crippen molar-refractivity contribution < 1.29 is 50.2 Å². The first kappa shape index (κ1) is 30.9. The van der Waals surface area contributed by atoms with E-state index in [0.29, 0.717) is 0 Å². The Balaban J connectivity index is 0.000000952. The first-order valence-electron chi connectivity index (χ1n) is 13.3. The molecule has 228 valence electrons. The zero-order valence-electron chi connectivity index (χ0n) is 23.3. The van der Waals surface area contributed by atoms with Gasteiger partial charge in [0.25, 0.3) is 5.09 Å². The van der Waals surface area contributed by atoms with Gasteiger partial charge >= 0.3 is 0 Å². The molecular formula is C27H34N4O11. The van der Waals surface area contributed by atoms with Crippen LogP contribution in [0.15, 0.2) is 35.2 Å². The molecule has 0 aromatic heterocycles. The lowest BCUT2D eigenvalue weighted by molar-refractivity contribution is -0.742. The first-order chi connectivity index (χ1) is 19.6. The number of carbonyl (C=O) groups excluding carboxylic acids is 3. The van der Waals surface area contributed by atoms with Gasteiger partial charge in [0.2, 0.25) is 11.6 Å². The molecule has 1 heterocycles. The van der Waals surface area contributed by atoms with Crippen LogP contribution in [0.1, 0.15) is 37.3 Å². The minimum Gasteiger partial charge on any atom is -0.507 e. The highest BCUT2D eigenvalue weighted by atomic mass is 16.9. The van der Waals surface area contributed by atoms with Crippen molar-refractivity contribution in [1.82, 2.24) is 15.1 Å². The third kappa shape index (κ3) is 4.77. The molecule has 7 N–H and O–H groups in total. The SMILES string of the molecule is CN(C)[C@@H]1C(=O)/C(=C(/O)NCN2CCCC2)C(=O)[C@@]2(O)C(=O)C3=C(O)c4c(O)cccc4[C@@](C)(O)[C@H]3C[C@@H]12.O=[N+]([O-])O. The maximum atomic E-state index is 14.0. The number of aromatic hydroxyl groups is 1. The van der Waals surface area contributed by atoms with Crippen LogP contribution in [0, 0.1) is 22.0 Å². The van der Waals surface area contributed by atoms with E-state index in [4.69, 9.17) is 15.3 Å². The van der Waals surface area contributed by atoms with Gasteiger partial charge in [-0.2, -0.15) is 0 Å². The lowest BCUT2D eigenvalue weighted by atomic mass is 9.53. The maximum Gasteiger partial charge on any atom is 0.291 e. The van der Waals surface area contributed by atoms with Crippen LogP contribution in [-0.2, 0) is 20.0 Å². The number of hydrogen-bond acceptors (Lipinski definition) is 13. The van der Waals surface area contributed by atoms with Gasteiger partial charge in [-0.25, -0.2) is 0 Å². The summed E-state index contributed by atoms with van der Waals surface area (Å²) in [6.45, 7) is 3.17. The van der Waals surface area contributed by atoms with E-state index in [1.54, 1.807) is 14.1 Å². The summed E-state index contributed by atoms with van der Waals surface area (Å²) in [7, 11) is 3.12. The molecule has 4 aliphatic rings.